The molecule has 3 fully saturated rings. The van der Waals surface area contributed by atoms with Gasteiger partial charge in [-0.2, -0.15) is 0 Å². The van der Waals surface area contributed by atoms with Gasteiger partial charge in [-0.15, -0.1) is 0 Å². The van der Waals surface area contributed by atoms with E-state index in [2.05, 4.69) is 17.1 Å². The van der Waals surface area contributed by atoms with Crippen LogP contribution in [-0.2, 0) is 0 Å². The molecule has 2 nitrogen and oxygen atoms in total. The van der Waals surface area contributed by atoms with Crippen molar-refractivity contribution in [3.8, 4) is 0 Å². The molecule has 1 aliphatic carbocycles. The van der Waals surface area contributed by atoms with Crippen LogP contribution in [0.4, 0.5) is 0 Å². The van der Waals surface area contributed by atoms with Gasteiger partial charge in [0.25, 0.3) is 0 Å². The maximum absolute atomic E-state index is 3.76. The average Bonchev–Trinajstić information content (AvgIpc) is 2.48. The predicted octanol–water partition coefficient (Wildman–Crippen LogP) is 1.61. The van der Waals surface area contributed by atoms with Crippen molar-refractivity contribution in [2.24, 2.45) is 5.92 Å². The number of hydrogen-bond donors (Lipinski definition) is 1. The molecule has 0 amide bonds. The van der Waals surface area contributed by atoms with E-state index in [1.54, 1.807) is 0 Å². The monoisotopic (exact) mass is 194 g/mol. The second-order valence-electron chi connectivity index (χ2n) is 5.54. The van der Waals surface area contributed by atoms with Gasteiger partial charge in [0, 0.05) is 24.7 Å². The van der Waals surface area contributed by atoms with Gasteiger partial charge in [0.05, 0.1) is 0 Å². The molecule has 0 spiro atoms. The van der Waals surface area contributed by atoms with Crippen LogP contribution in [0.1, 0.15) is 39.0 Å². The summed E-state index contributed by atoms with van der Waals surface area (Å²) in [5.41, 5.74) is 0. The molecule has 0 aromatic carbocycles. The summed E-state index contributed by atoms with van der Waals surface area (Å²) in [7, 11) is 0. The molecule has 0 aromatic rings. The van der Waals surface area contributed by atoms with E-state index in [1.165, 1.54) is 45.2 Å². The Labute approximate surface area is 87.0 Å². The minimum absolute atomic E-state index is 0.815. The van der Waals surface area contributed by atoms with E-state index in [1.807, 2.05) is 0 Å². The fourth-order valence-corrected chi connectivity index (χ4v) is 3.46. The summed E-state index contributed by atoms with van der Waals surface area (Å²) >= 11 is 0. The van der Waals surface area contributed by atoms with Crippen LogP contribution in [0.15, 0.2) is 0 Å². The van der Waals surface area contributed by atoms with Crippen LogP contribution >= 0.6 is 0 Å². The lowest BCUT2D eigenvalue weighted by Crippen LogP contribution is -2.49. The van der Waals surface area contributed by atoms with Gasteiger partial charge in [-0.1, -0.05) is 6.92 Å². The molecule has 2 heterocycles. The largest absolute Gasteiger partial charge is 0.310 e. The second-order valence-corrected chi connectivity index (χ2v) is 5.54. The van der Waals surface area contributed by atoms with Crippen molar-refractivity contribution < 1.29 is 0 Å². The van der Waals surface area contributed by atoms with E-state index in [0.29, 0.717) is 0 Å². The SMILES string of the molecule is CC1CCC1N1CCC2CCC(C1)N2. The summed E-state index contributed by atoms with van der Waals surface area (Å²) in [6.07, 6.45) is 7.15. The lowest BCUT2D eigenvalue weighted by molar-refractivity contribution is 0.0681. The average molecular weight is 194 g/mol. The fraction of sp³-hybridized carbons (Fsp3) is 1.00. The van der Waals surface area contributed by atoms with Crippen molar-refractivity contribution in [2.75, 3.05) is 13.1 Å². The highest BCUT2D eigenvalue weighted by Gasteiger charge is 2.37. The Kier molecular flexibility index (Phi) is 2.29. The minimum Gasteiger partial charge on any atom is -0.310 e. The Morgan fingerprint density at radius 2 is 1.86 bits per heavy atom. The van der Waals surface area contributed by atoms with Gasteiger partial charge in [-0.3, -0.25) is 4.90 Å². The van der Waals surface area contributed by atoms with Gasteiger partial charge in [0.1, 0.15) is 0 Å². The third-order valence-corrected chi connectivity index (χ3v) is 4.60. The van der Waals surface area contributed by atoms with E-state index in [4.69, 9.17) is 0 Å². The van der Waals surface area contributed by atoms with Crippen molar-refractivity contribution in [2.45, 2.75) is 57.2 Å². The maximum Gasteiger partial charge on any atom is 0.0198 e. The van der Waals surface area contributed by atoms with E-state index in [0.717, 1.165) is 24.0 Å². The van der Waals surface area contributed by atoms with E-state index in [9.17, 15) is 0 Å². The number of nitrogens with one attached hydrogen (secondary N) is 1. The molecule has 2 heteroatoms. The fourth-order valence-electron chi connectivity index (χ4n) is 3.46. The molecular formula is C12H22N2. The van der Waals surface area contributed by atoms with Gasteiger partial charge < -0.3 is 5.32 Å². The van der Waals surface area contributed by atoms with Crippen molar-refractivity contribution in [3.05, 3.63) is 0 Å². The summed E-state index contributed by atoms with van der Waals surface area (Å²) in [4.78, 5) is 2.77. The number of nitrogens with zero attached hydrogens (tertiary/aromatic N) is 1. The maximum atomic E-state index is 3.76. The highest BCUT2D eigenvalue weighted by atomic mass is 15.2. The molecule has 2 aliphatic heterocycles. The third kappa shape index (κ3) is 1.49. The van der Waals surface area contributed by atoms with Gasteiger partial charge in [-0.25, -0.2) is 0 Å². The molecule has 3 aliphatic rings. The van der Waals surface area contributed by atoms with Crippen LogP contribution < -0.4 is 5.32 Å². The first-order valence-electron chi connectivity index (χ1n) is 6.33. The summed E-state index contributed by atoms with van der Waals surface area (Å²) in [6, 6.07) is 2.59. The highest BCUT2D eigenvalue weighted by molar-refractivity contribution is 4.94. The van der Waals surface area contributed by atoms with Crippen LogP contribution in [0.5, 0.6) is 0 Å². The predicted molar refractivity (Wildman–Crippen MR) is 58.3 cm³/mol. The summed E-state index contributed by atoms with van der Waals surface area (Å²) < 4.78 is 0. The topological polar surface area (TPSA) is 15.3 Å². The van der Waals surface area contributed by atoms with E-state index < -0.39 is 0 Å². The van der Waals surface area contributed by atoms with Gasteiger partial charge in [-0.05, 0) is 44.6 Å². The molecule has 80 valence electrons. The summed E-state index contributed by atoms with van der Waals surface area (Å²) in [5, 5.41) is 3.76. The zero-order valence-corrected chi connectivity index (χ0v) is 9.21. The summed E-state index contributed by atoms with van der Waals surface area (Å²) in [6.45, 7) is 5.10. The number of hydrogen-bond acceptors (Lipinski definition) is 2. The number of likely N-dealkylation sites (tertiary alicyclic amines) is 1. The Morgan fingerprint density at radius 3 is 2.57 bits per heavy atom. The van der Waals surface area contributed by atoms with Gasteiger partial charge in [0.15, 0.2) is 0 Å². The van der Waals surface area contributed by atoms with Crippen molar-refractivity contribution in [1.29, 1.82) is 0 Å². The lowest BCUT2D eigenvalue weighted by Gasteiger charge is -2.43. The smallest absolute Gasteiger partial charge is 0.0198 e. The molecule has 2 bridgehead atoms. The second kappa shape index (κ2) is 3.49. The molecule has 3 rings (SSSR count). The molecular weight excluding hydrogens is 172 g/mol. The Balaban J connectivity index is 1.64. The molecule has 0 radical (unpaired) electrons. The van der Waals surface area contributed by atoms with Crippen LogP contribution in [0.2, 0.25) is 0 Å². The Hall–Kier alpha value is -0.0800. The van der Waals surface area contributed by atoms with Crippen molar-refractivity contribution in [3.63, 3.8) is 0 Å². The van der Waals surface area contributed by atoms with E-state index in [-0.39, 0.29) is 0 Å². The first-order valence-corrected chi connectivity index (χ1v) is 6.33. The zero-order chi connectivity index (χ0) is 9.54. The lowest BCUT2D eigenvalue weighted by atomic mass is 9.79. The molecule has 4 atom stereocenters. The van der Waals surface area contributed by atoms with Gasteiger partial charge >= 0.3 is 0 Å². The first kappa shape index (κ1) is 9.17. The van der Waals surface area contributed by atoms with Crippen LogP contribution in [0, 0.1) is 5.92 Å². The highest BCUT2D eigenvalue weighted by Crippen LogP contribution is 2.33. The molecule has 2 saturated heterocycles. The van der Waals surface area contributed by atoms with Crippen LogP contribution in [0.3, 0.4) is 0 Å². The minimum atomic E-state index is 0.815. The first-order chi connectivity index (χ1) is 6.83. The van der Waals surface area contributed by atoms with Gasteiger partial charge in [0.2, 0.25) is 0 Å². The van der Waals surface area contributed by atoms with Crippen molar-refractivity contribution >= 4 is 0 Å². The molecule has 0 aromatic heterocycles. The van der Waals surface area contributed by atoms with Crippen LogP contribution in [0.25, 0.3) is 0 Å². The summed E-state index contributed by atoms with van der Waals surface area (Å²) in [5.74, 6) is 0.964. The Bertz CT molecular complexity index is 216. The third-order valence-electron chi connectivity index (χ3n) is 4.60. The quantitative estimate of drug-likeness (QED) is 0.682. The number of rotatable bonds is 1. The Morgan fingerprint density at radius 1 is 1.00 bits per heavy atom. The standard InChI is InChI=1S/C12H22N2/c1-9-2-5-12(9)14-7-6-10-3-4-11(8-14)13-10/h9-13H,2-8H2,1H3. The van der Waals surface area contributed by atoms with Crippen molar-refractivity contribution in [1.82, 2.24) is 10.2 Å². The normalized spacial score (nSPS) is 48.6. The molecule has 14 heavy (non-hydrogen) atoms. The molecule has 1 saturated carbocycles. The van der Waals surface area contributed by atoms with Crippen LogP contribution in [-0.4, -0.2) is 36.1 Å². The molecule has 1 N–H and O–H groups in total. The van der Waals surface area contributed by atoms with E-state index >= 15 is 0 Å². The zero-order valence-electron chi connectivity index (χ0n) is 9.21. The number of fused-ring (bicyclic) bond motifs is 2. The molecule has 4 unspecified atom stereocenters.